The summed E-state index contributed by atoms with van der Waals surface area (Å²) in [5, 5.41) is 8.85. The highest BCUT2D eigenvalue weighted by molar-refractivity contribution is 7.92. The molecule has 2 aromatic rings. The highest BCUT2D eigenvalue weighted by Gasteiger charge is 2.17. The fourth-order valence-electron chi connectivity index (χ4n) is 2.11. The summed E-state index contributed by atoms with van der Waals surface area (Å²) < 4.78 is 32.5. The van der Waals surface area contributed by atoms with E-state index in [9.17, 15) is 13.2 Å². The van der Waals surface area contributed by atoms with E-state index in [2.05, 4.69) is 4.72 Å². The smallest absolute Gasteiger partial charge is 0.335 e. The van der Waals surface area contributed by atoms with Gasteiger partial charge < -0.3 is 9.84 Å². The molecule has 0 saturated heterocycles. The molecule has 0 saturated carbocycles. The Balaban J connectivity index is 2.35. The van der Waals surface area contributed by atoms with Crippen LogP contribution in [0.25, 0.3) is 0 Å². The average Bonchev–Trinajstić information content (AvgIpc) is 2.52. The highest BCUT2D eigenvalue weighted by Crippen LogP contribution is 2.28. The van der Waals surface area contributed by atoms with Gasteiger partial charge >= 0.3 is 5.97 Å². The number of aromatic carboxylic acids is 1. The van der Waals surface area contributed by atoms with Crippen LogP contribution in [0.1, 0.15) is 21.5 Å². The Hall–Kier alpha value is -2.54. The molecule has 0 atom stereocenters. The molecule has 0 bridgehead atoms. The van der Waals surface area contributed by atoms with Gasteiger partial charge in [0.15, 0.2) is 0 Å². The van der Waals surface area contributed by atoms with Gasteiger partial charge in [0.2, 0.25) is 0 Å². The molecule has 0 aromatic heterocycles. The number of carboxylic acids is 1. The molecule has 0 radical (unpaired) electrons. The van der Waals surface area contributed by atoms with Crippen molar-refractivity contribution in [3.63, 3.8) is 0 Å². The van der Waals surface area contributed by atoms with Crippen LogP contribution in [0.4, 0.5) is 5.69 Å². The molecule has 0 aliphatic rings. The minimum absolute atomic E-state index is 0.00429. The second-order valence-corrected chi connectivity index (χ2v) is 6.68. The molecule has 0 amide bonds. The van der Waals surface area contributed by atoms with Gasteiger partial charge in [-0.3, -0.25) is 4.72 Å². The van der Waals surface area contributed by atoms with Gasteiger partial charge in [0, 0.05) is 0 Å². The van der Waals surface area contributed by atoms with E-state index in [1.807, 2.05) is 6.92 Å². The highest BCUT2D eigenvalue weighted by atomic mass is 32.2. The van der Waals surface area contributed by atoms with E-state index in [1.54, 1.807) is 26.2 Å². The number of methoxy groups -OCH3 is 1. The normalized spacial score (nSPS) is 11.1. The first kappa shape index (κ1) is 16.8. The largest absolute Gasteiger partial charge is 0.496 e. The lowest BCUT2D eigenvalue weighted by molar-refractivity contribution is 0.0696. The van der Waals surface area contributed by atoms with Crippen LogP contribution in [-0.2, 0) is 10.0 Å². The monoisotopic (exact) mass is 335 g/mol. The van der Waals surface area contributed by atoms with Crippen molar-refractivity contribution >= 4 is 21.7 Å². The van der Waals surface area contributed by atoms with Gasteiger partial charge in [0.05, 0.1) is 23.3 Å². The molecule has 0 heterocycles. The van der Waals surface area contributed by atoms with Crippen molar-refractivity contribution in [1.82, 2.24) is 0 Å². The lowest BCUT2D eigenvalue weighted by Crippen LogP contribution is -2.14. The lowest BCUT2D eigenvalue weighted by atomic mass is 10.1. The van der Waals surface area contributed by atoms with Crippen LogP contribution >= 0.6 is 0 Å². The second-order valence-electron chi connectivity index (χ2n) is 5.00. The number of benzene rings is 2. The number of nitrogens with one attached hydrogen (secondary N) is 1. The number of hydrogen-bond acceptors (Lipinski definition) is 4. The molecule has 7 heteroatoms. The molecule has 0 fully saturated rings. The molecule has 2 rings (SSSR count). The predicted molar refractivity (Wildman–Crippen MR) is 86.7 cm³/mol. The molecule has 122 valence electrons. The van der Waals surface area contributed by atoms with E-state index in [1.165, 1.54) is 24.3 Å². The summed E-state index contributed by atoms with van der Waals surface area (Å²) >= 11 is 0. The Labute approximate surface area is 134 Å². The van der Waals surface area contributed by atoms with Crippen molar-refractivity contribution in [1.29, 1.82) is 0 Å². The summed E-state index contributed by atoms with van der Waals surface area (Å²) in [7, 11) is -2.25. The van der Waals surface area contributed by atoms with Gasteiger partial charge in [-0.25, -0.2) is 13.2 Å². The molecule has 0 unspecified atom stereocenters. The van der Waals surface area contributed by atoms with Crippen LogP contribution in [-0.4, -0.2) is 26.6 Å². The van der Waals surface area contributed by atoms with Crippen molar-refractivity contribution in [3.05, 3.63) is 53.1 Å². The third kappa shape index (κ3) is 3.45. The van der Waals surface area contributed by atoms with Crippen LogP contribution in [0.5, 0.6) is 5.75 Å². The van der Waals surface area contributed by atoms with Crippen LogP contribution < -0.4 is 9.46 Å². The molecule has 2 aromatic carbocycles. The first-order chi connectivity index (χ1) is 10.8. The number of carbonyl (C=O) groups is 1. The van der Waals surface area contributed by atoms with Crippen molar-refractivity contribution in [2.24, 2.45) is 0 Å². The van der Waals surface area contributed by atoms with E-state index < -0.39 is 16.0 Å². The lowest BCUT2D eigenvalue weighted by Gasteiger charge is -2.14. The first-order valence-electron chi connectivity index (χ1n) is 6.76. The molecular formula is C16H17NO5S. The number of hydrogen-bond donors (Lipinski definition) is 2. The maximum atomic E-state index is 12.4. The summed E-state index contributed by atoms with van der Waals surface area (Å²) in [6, 6.07) is 8.35. The standard InChI is InChI=1S/C16H17NO5S/c1-10-11(2)15(22-3)9-8-14(10)17-23(20,21)13-6-4-12(5-7-13)16(18)19/h4-9,17H,1-3H3,(H,18,19). The first-order valence-corrected chi connectivity index (χ1v) is 8.25. The van der Waals surface area contributed by atoms with Gasteiger partial charge in [-0.05, 0) is 61.4 Å². The van der Waals surface area contributed by atoms with Crippen LogP contribution in [0.15, 0.2) is 41.3 Å². The van der Waals surface area contributed by atoms with E-state index >= 15 is 0 Å². The molecule has 6 nitrogen and oxygen atoms in total. The molecular weight excluding hydrogens is 318 g/mol. The topological polar surface area (TPSA) is 92.7 Å². The fourth-order valence-corrected chi connectivity index (χ4v) is 3.23. The fraction of sp³-hybridized carbons (Fsp3) is 0.188. The maximum Gasteiger partial charge on any atom is 0.335 e. The van der Waals surface area contributed by atoms with Gasteiger partial charge in [0.1, 0.15) is 5.75 Å². The Morgan fingerprint density at radius 1 is 1.04 bits per heavy atom. The van der Waals surface area contributed by atoms with Gasteiger partial charge in [0.25, 0.3) is 10.0 Å². The number of sulfonamides is 1. The van der Waals surface area contributed by atoms with Gasteiger partial charge in [-0.15, -0.1) is 0 Å². The number of carboxylic acid groups (broad SMARTS) is 1. The van der Waals surface area contributed by atoms with Crippen LogP contribution in [0.2, 0.25) is 0 Å². The summed E-state index contributed by atoms with van der Waals surface area (Å²) in [5.41, 5.74) is 2.08. The Morgan fingerprint density at radius 3 is 2.17 bits per heavy atom. The Kier molecular flexibility index (Phi) is 4.60. The summed E-state index contributed by atoms with van der Waals surface area (Å²) in [4.78, 5) is 10.8. The number of rotatable bonds is 5. The number of ether oxygens (including phenoxy) is 1. The summed E-state index contributed by atoms with van der Waals surface area (Å²) in [6.07, 6.45) is 0. The number of anilines is 1. The van der Waals surface area contributed by atoms with Crippen LogP contribution in [0.3, 0.4) is 0 Å². The van der Waals surface area contributed by atoms with Crippen molar-refractivity contribution in [2.75, 3.05) is 11.8 Å². The minimum atomic E-state index is -3.80. The quantitative estimate of drug-likeness (QED) is 0.876. The molecule has 2 N–H and O–H groups in total. The predicted octanol–water partition coefficient (Wildman–Crippen LogP) is 2.81. The summed E-state index contributed by atoms with van der Waals surface area (Å²) in [5.74, 6) is -0.431. The van der Waals surface area contributed by atoms with E-state index in [-0.39, 0.29) is 10.5 Å². The summed E-state index contributed by atoms with van der Waals surface area (Å²) in [6.45, 7) is 3.64. The zero-order chi connectivity index (χ0) is 17.2. The average molecular weight is 335 g/mol. The Bertz CT molecular complexity index is 842. The molecule has 0 spiro atoms. The van der Waals surface area contributed by atoms with Crippen LogP contribution in [0, 0.1) is 13.8 Å². The third-order valence-corrected chi connectivity index (χ3v) is 4.99. The minimum Gasteiger partial charge on any atom is -0.496 e. The van der Waals surface area contributed by atoms with Crippen molar-refractivity contribution < 1.29 is 23.1 Å². The van der Waals surface area contributed by atoms with Gasteiger partial charge in [-0.2, -0.15) is 0 Å². The van der Waals surface area contributed by atoms with E-state index in [0.717, 1.165) is 11.1 Å². The zero-order valence-corrected chi connectivity index (χ0v) is 13.8. The zero-order valence-electron chi connectivity index (χ0n) is 13.0. The Morgan fingerprint density at radius 2 is 1.65 bits per heavy atom. The molecule has 0 aliphatic carbocycles. The van der Waals surface area contributed by atoms with Crippen molar-refractivity contribution in [3.8, 4) is 5.75 Å². The van der Waals surface area contributed by atoms with Crippen molar-refractivity contribution in [2.45, 2.75) is 18.7 Å². The van der Waals surface area contributed by atoms with E-state index in [4.69, 9.17) is 9.84 Å². The molecule has 23 heavy (non-hydrogen) atoms. The SMILES string of the molecule is COc1ccc(NS(=O)(=O)c2ccc(C(=O)O)cc2)c(C)c1C. The second kappa shape index (κ2) is 6.29. The maximum absolute atomic E-state index is 12.4. The van der Waals surface area contributed by atoms with Gasteiger partial charge in [-0.1, -0.05) is 0 Å². The third-order valence-electron chi connectivity index (χ3n) is 3.61. The molecule has 0 aliphatic heterocycles. The van der Waals surface area contributed by atoms with E-state index in [0.29, 0.717) is 11.4 Å².